The summed E-state index contributed by atoms with van der Waals surface area (Å²) < 4.78 is 41.2. The molecule has 0 aliphatic heterocycles. The second-order valence-corrected chi connectivity index (χ2v) is 8.74. The predicted octanol–water partition coefficient (Wildman–Crippen LogP) is 2.54. The highest BCUT2D eigenvalue weighted by Gasteiger charge is 2.10. The van der Waals surface area contributed by atoms with E-state index in [0.717, 1.165) is 12.7 Å². The van der Waals surface area contributed by atoms with Crippen LogP contribution in [0.5, 0.6) is 0 Å². The van der Waals surface area contributed by atoms with Crippen molar-refractivity contribution in [1.29, 1.82) is 0 Å². The Morgan fingerprint density at radius 2 is 1.71 bits per heavy atom. The van der Waals surface area contributed by atoms with Crippen LogP contribution in [0.15, 0.2) is 18.2 Å². The van der Waals surface area contributed by atoms with Gasteiger partial charge in [0.05, 0.1) is 0 Å². The third-order valence-corrected chi connectivity index (χ3v) is 5.17. The summed E-state index contributed by atoms with van der Waals surface area (Å²) in [4.78, 5) is 23.0. The first kappa shape index (κ1) is 21.6. The topological polar surface area (TPSA) is 107 Å². The third-order valence-electron chi connectivity index (χ3n) is 2.76. The number of ether oxygens (including phenoxy) is 2. The van der Waals surface area contributed by atoms with Crippen molar-refractivity contribution in [3.63, 3.8) is 0 Å². The van der Waals surface area contributed by atoms with Gasteiger partial charge in [-0.1, -0.05) is 0 Å². The molecule has 24 heavy (non-hydrogen) atoms. The molecule has 0 aliphatic rings. The lowest BCUT2D eigenvalue weighted by Crippen LogP contribution is -2.15. The molecule has 0 amide bonds. The van der Waals surface area contributed by atoms with Gasteiger partial charge in [-0.3, -0.25) is 14.1 Å². The van der Waals surface area contributed by atoms with Crippen molar-refractivity contribution in [2.24, 2.45) is 0 Å². The molecule has 10 heteroatoms. The van der Waals surface area contributed by atoms with Crippen LogP contribution in [0.4, 0.5) is 0 Å². The molecular weight excluding hydrogens is 566 g/mol. The second kappa shape index (κ2) is 10.5. The molecule has 0 radical (unpaired) electrons. The summed E-state index contributed by atoms with van der Waals surface area (Å²) >= 11 is 4.34. The molecule has 0 spiro atoms. The van der Waals surface area contributed by atoms with Crippen LogP contribution in [-0.2, 0) is 35.8 Å². The predicted molar refractivity (Wildman–Crippen MR) is 103 cm³/mol. The van der Waals surface area contributed by atoms with Crippen LogP contribution in [0, 0.1) is 7.14 Å². The van der Waals surface area contributed by atoms with Gasteiger partial charge >= 0.3 is 11.9 Å². The van der Waals surface area contributed by atoms with Gasteiger partial charge in [-0.2, -0.15) is 8.42 Å². The van der Waals surface area contributed by atoms with Crippen LogP contribution in [0.1, 0.15) is 24.8 Å². The number of rotatable bonds is 9. The lowest BCUT2D eigenvalue weighted by Gasteiger charge is -2.07. The molecule has 0 aromatic heterocycles. The molecule has 0 aliphatic carbocycles. The maximum absolute atomic E-state index is 11.6. The molecule has 0 saturated carbocycles. The summed E-state index contributed by atoms with van der Waals surface area (Å²) in [5.74, 6) is -1.69. The Kier molecular flexibility index (Phi) is 9.44. The van der Waals surface area contributed by atoms with Crippen LogP contribution in [-0.4, -0.2) is 37.3 Å². The maximum atomic E-state index is 11.6. The van der Waals surface area contributed by atoms with E-state index in [2.05, 4.69) is 49.9 Å². The quantitative estimate of drug-likeness (QED) is 0.271. The van der Waals surface area contributed by atoms with E-state index in [1.807, 2.05) is 18.2 Å². The Morgan fingerprint density at radius 1 is 1.08 bits per heavy atom. The van der Waals surface area contributed by atoms with Gasteiger partial charge in [0.25, 0.3) is 10.1 Å². The minimum Gasteiger partial charge on any atom is -0.464 e. The minimum atomic E-state index is -4.15. The maximum Gasteiger partial charge on any atom is 0.306 e. The average molecular weight is 582 g/mol. The third kappa shape index (κ3) is 9.74. The fourth-order valence-electron chi connectivity index (χ4n) is 1.59. The van der Waals surface area contributed by atoms with Gasteiger partial charge in [-0.15, -0.1) is 0 Å². The number of hydrogen-bond acceptors (Lipinski definition) is 6. The Bertz CT molecular complexity index is 688. The van der Waals surface area contributed by atoms with Gasteiger partial charge in [-0.05, 0) is 69.8 Å². The number of carbonyl (C=O) groups excluding carboxylic acids is 2. The van der Waals surface area contributed by atoms with Crippen LogP contribution in [0.2, 0.25) is 0 Å². The summed E-state index contributed by atoms with van der Waals surface area (Å²) in [6, 6.07) is 5.83. The van der Waals surface area contributed by atoms with E-state index in [0.29, 0.717) is 0 Å². The van der Waals surface area contributed by atoms with Gasteiger partial charge < -0.3 is 9.47 Å². The van der Waals surface area contributed by atoms with Crippen LogP contribution in [0.3, 0.4) is 0 Å². The van der Waals surface area contributed by atoms with E-state index in [-0.39, 0.29) is 25.9 Å². The van der Waals surface area contributed by atoms with Gasteiger partial charge in [0.1, 0.15) is 19.0 Å². The first-order valence-corrected chi connectivity index (χ1v) is 10.6. The van der Waals surface area contributed by atoms with E-state index < -0.39 is 34.4 Å². The summed E-state index contributed by atoms with van der Waals surface area (Å²) in [5, 5.41) is 0. The van der Waals surface area contributed by atoms with Gasteiger partial charge in [0, 0.05) is 25.5 Å². The summed E-state index contributed by atoms with van der Waals surface area (Å²) in [7, 11) is -4.15. The molecule has 1 rings (SSSR count). The van der Waals surface area contributed by atoms with Crippen molar-refractivity contribution in [2.45, 2.75) is 25.9 Å². The van der Waals surface area contributed by atoms with E-state index in [9.17, 15) is 18.0 Å². The fourth-order valence-corrected chi connectivity index (χ4v) is 2.94. The highest BCUT2D eigenvalue weighted by molar-refractivity contribution is 14.1. The van der Waals surface area contributed by atoms with Gasteiger partial charge in [0.2, 0.25) is 0 Å². The molecule has 0 atom stereocenters. The summed E-state index contributed by atoms with van der Waals surface area (Å²) in [5.41, 5.74) is 0.917. The standard InChI is InChI=1S/C14H16I2O7S/c15-11-4-5-12(16)10(8-11)9-23-14(18)3-1-2-13(17)22-6-7-24(19,20)21/h4-5,8H,1-3,6-7,9H2,(H,19,20,21). The van der Waals surface area contributed by atoms with Crippen molar-refractivity contribution in [2.75, 3.05) is 12.4 Å². The Labute approximate surface area is 167 Å². The van der Waals surface area contributed by atoms with Crippen molar-refractivity contribution in [1.82, 2.24) is 0 Å². The van der Waals surface area contributed by atoms with Crippen LogP contribution < -0.4 is 0 Å². The summed E-state index contributed by atoms with van der Waals surface area (Å²) in [6.45, 7) is -0.236. The number of carbonyl (C=O) groups is 2. The zero-order valence-corrected chi connectivity index (χ0v) is 17.7. The lowest BCUT2D eigenvalue weighted by molar-refractivity contribution is -0.146. The first-order valence-electron chi connectivity index (χ1n) is 6.88. The van der Waals surface area contributed by atoms with Crippen molar-refractivity contribution < 1.29 is 32.0 Å². The van der Waals surface area contributed by atoms with Gasteiger partial charge in [0.15, 0.2) is 0 Å². The fraction of sp³-hybridized carbons (Fsp3) is 0.429. The first-order chi connectivity index (χ1) is 11.2. The number of benzene rings is 1. The molecule has 0 fully saturated rings. The van der Waals surface area contributed by atoms with E-state index >= 15 is 0 Å². The SMILES string of the molecule is O=C(CCCC(=O)OCc1cc(I)ccc1I)OCCS(=O)(=O)O. The smallest absolute Gasteiger partial charge is 0.306 e. The van der Waals surface area contributed by atoms with E-state index in [1.165, 1.54) is 0 Å². The monoisotopic (exact) mass is 582 g/mol. The second-order valence-electron chi connectivity index (χ2n) is 4.76. The molecule has 1 N–H and O–H groups in total. The molecule has 0 bridgehead atoms. The molecule has 134 valence electrons. The van der Waals surface area contributed by atoms with Crippen molar-refractivity contribution in [3.8, 4) is 0 Å². The molecule has 0 saturated heterocycles. The molecule has 7 nitrogen and oxygen atoms in total. The lowest BCUT2D eigenvalue weighted by atomic mass is 10.2. The largest absolute Gasteiger partial charge is 0.464 e. The average Bonchev–Trinajstić information content (AvgIpc) is 2.47. The molecule has 0 unspecified atom stereocenters. The normalized spacial score (nSPS) is 11.1. The zero-order valence-electron chi connectivity index (χ0n) is 12.5. The van der Waals surface area contributed by atoms with Crippen LogP contribution >= 0.6 is 45.2 Å². The number of esters is 2. The molecule has 1 aromatic rings. The Hall–Kier alpha value is -0.470. The highest BCUT2D eigenvalue weighted by atomic mass is 127. The van der Waals surface area contributed by atoms with Crippen molar-refractivity contribution in [3.05, 3.63) is 30.9 Å². The number of hydrogen-bond donors (Lipinski definition) is 1. The van der Waals surface area contributed by atoms with E-state index in [1.54, 1.807) is 0 Å². The molecule has 1 aromatic carbocycles. The zero-order chi connectivity index (χ0) is 18.2. The Balaban J connectivity index is 2.22. The highest BCUT2D eigenvalue weighted by Crippen LogP contribution is 2.17. The summed E-state index contributed by atoms with van der Waals surface area (Å²) in [6.07, 6.45) is 0.280. The van der Waals surface area contributed by atoms with E-state index in [4.69, 9.17) is 9.29 Å². The minimum absolute atomic E-state index is 0.0264. The van der Waals surface area contributed by atoms with Gasteiger partial charge in [-0.25, -0.2) is 0 Å². The van der Waals surface area contributed by atoms with Crippen molar-refractivity contribution >= 4 is 67.2 Å². The molecular formula is C14H16I2O7S. The number of halogens is 2. The molecule has 0 heterocycles. The van der Waals surface area contributed by atoms with Crippen LogP contribution in [0.25, 0.3) is 0 Å². The Morgan fingerprint density at radius 3 is 2.33 bits per heavy atom.